The van der Waals surface area contributed by atoms with Gasteiger partial charge in [0.05, 0.1) is 17.2 Å². The summed E-state index contributed by atoms with van der Waals surface area (Å²) in [6, 6.07) is 14.9. The molecule has 0 fully saturated rings. The van der Waals surface area contributed by atoms with Crippen LogP contribution < -0.4 is 0 Å². The minimum absolute atomic E-state index is 0.194. The van der Waals surface area contributed by atoms with Crippen molar-refractivity contribution >= 4 is 23.3 Å². The standard InChI is InChI=1S/C18H15N3O5/c22-17(20-11-10-15(19-20)13-6-2-1-3-7-13)12-26-18(23)14-8-4-5-9-16(14)21(24)25/h1-9H,10-12H2. The van der Waals surface area contributed by atoms with Crippen LogP contribution in [-0.2, 0) is 9.53 Å². The van der Waals surface area contributed by atoms with E-state index >= 15 is 0 Å². The van der Waals surface area contributed by atoms with Gasteiger partial charge in [-0.1, -0.05) is 42.5 Å². The number of hydrogen-bond acceptors (Lipinski definition) is 6. The van der Waals surface area contributed by atoms with Gasteiger partial charge < -0.3 is 4.74 Å². The quantitative estimate of drug-likeness (QED) is 0.466. The molecule has 0 saturated carbocycles. The number of nitro benzene ring substituents is 1. The lowest BCUT2D eigenvalue weighted by Crippen LogP contribution is -2.28. The molecule has 8 heteroatoms. The summed E-state index contributed by atoms with van der Waals surface area (Å²) in [6.45, 7) is -0.136. The molecule has 1 heterocycles. The Bertz CT molecular complexity index is 879. The van der Waals surface area contributed by atoms with Gasteiger partial charge in [0, 0.05) is 12.5 Å². The molecule has 132 valence electrons. The Balaban J connectivity index is 1.62. The number of carbonyl (C=O) groups is 2. The van der Waals surface area contributed by atoms with Crippen LogP contribution in [0, 0.1) is 10.1 Å². The molecular formula is C18H15N3O5. The van der Waals surface area contributed by atoms with E-state index in [4.69, 9.17) is 4.74 Å². The third-order valence-corrected chi connectivity index (χ3v) is 3.84. The first kappa shape index (κ1) is 17.3. The van der Waals surface area contributed by atoms with Crippen molar-refractivity contribution in [2.24, 2.45) is 5.10 Å². The van der Waals surface area contributed by atoms with Crippen LogP contribution in [0.5, 0.6) is 0 Å². The lowest BCUT2D eigenvalue weighted by molar-refractivity contribution is -0.385. The summed E-state index contributed by atoms with van der Waals surface area (Å²) in [7, 11) is 0. The normalized spacial score (nSPS) is 13.2. The van der Waals surface area contributed by atoms with E-state index in [2.05, 4.69) is 5.10 Å². The molecule has 0 radical (unpaired) electrons. The Labute approximate surface area is 148 Å². The largest absolute Gasteiger partial charge is 0.452 e. The molecule has 0 spiro atoms. The topological polar surface area (TPSA) is 102 Å². The molecular weight excluding hydrogens is 338 g/mol. The molecule has 1 aliphatic rings. The minimum Gasteiger partial charge on any atom is -0.452 e. The van der Waals surface area contributed by atoms with Crippen LogP contribution in [0.2, 0.25) is 0 Å². The summed E-state index contributed by atoms with van der Waals surface area (Å²) < 4.78 is 4.93. The van der Waals surface area contributed by atoms with Crippen LogP contribution in [0.1, 0.15) is 22.3 Å². The van der Waals surface area contributed by atoms with Gasteiger partial charge in [0.2, 0.25) is 0 Å². The zero-order valence-corrected chi connectivity index (χ0v) is 13.7. The highest BCUT2D eigenvalue weighted by Gasteiger charge is 2.25. The maximum absolute atomic E-state index is 12.2. The summed E-state index contributed by atoms with van der Waals surface area (Å²) in [4.78, 5) is 34.5. The van der Waals surface area contributed by atoms with E-state index in [-0.39, 0.29) is 11.3 Å². The fourth-order valence-corrected chi connectivity index (χ4v) is 2.56. The molecule has 0 unspecified atom stereocenters. The third-order valence-electron chi connectivity index (χ3n) is 3.84. The lowest BCUT2D eigenvalue weighted by atomic mass is 10.1. The molecule has 2 aromatic carbocycles. The molecule has 0 saturated heterocycles. The summed E-state index contributed by atoms with van der Waals surface area (Å²) in [5.41, 5.74) is 1.15. The van der Waals surface area contributed by atoms with Crippen molar-refractivity contribution in [3.05, 3.63) is 75.8 Å². The number of para-hydroxylation sites is 1. The van der Waals surface area contributed by atoms with Crippen molar-refractivity contribution in [2.75, 3.05) is 13.2 Å². The molecule has 0 atom stereocenters. The molecule has 3 rings (SSSR count). The molecule has 1 amide bonds. The number of benzene rings is 2. The van der Waals surface area contributed by atoms with Crippen molar-refractivity contribution in [1.82, 2.24) is 5.01 Å². The Morgan fingerprint density at radius 1 is 1.12 bits per heavy atom. The van der Waals surface area contributed by atoms with Gasteiger partial charge in [0.1, 0.15) is 5.56 Å². The zero-order valence-electron chi connectivity index (χ0n) is 13.7. The molecule has 1 aliphatic heterocycles. The number of hydrazone groups is 1. The second-order valence-electron chi connectivity index (χ2n) is 5.53. The average molecular weight is 353 g/mol. The number of carbonyl (C=O) groups excluding carboxylic acids is 2. The number of hydrogen-bond donors (Lipinski definition) is 0. The predicted octanol–water partition coefficient (Wildman–Crippen LogP) is 2.39. The molecule has 0 aliphatic carbocycles. The van der Waals surface area contributed by atoms with Crippen molar-refractivity contribution in [1.29, 1.82) is 0 Å². The number of amides is 1. The molecule has 0 aromatic heterocycles. The zero-order chi connectivity index (χ0) is 18.5. The number of rotatable bonds is 5. The van der Waals surface area contributed by atoms with Crippen LogP contribution in [0.25, 0.3) is 0 Å². The van der Waals surface area contributed by atoms with Gasteiger partial charge in [-0.05, 0) is 11.6 Å². The lowest BCUT2D eigenvalue weighted by Gasteiger charge is -2.11. The summed E-state index contributed by atoms with van der Waals surface area (Å²) in [5, 5.41) is 16.4. The maximum atomic E-state index is 12.2. The average Bonchev–Trinajstić information content (AvgIpc) is 3.17. The third kappa shape index (κ3) is 3.75. The highest BCUT2D eigenvalue weighted by molar-refractivity contribution is 6.02. The fourth-order valence-electron chi connectivity index (χ4n) is 2.56. The van der Waals surface area contributed by atoms with E-state index in [1.807, 2.05) is 30.3 Å². The minimum atomic E-state index is -0.919. The van der Waals surface area contributed by atoms with Crippen molar-refractivity contribution in [2.45, 2.75) is 6.42 Å². The van der Waals surface area contributed by atoms with Crippen molar-refractivity contribution in [3.63, 3.8) is 0 Å². The molecule has 8 nitrogen and oxygen atoms in total. The van der Waals surface area contributed by atoms with Crippen LogP contribution in [0.3, 0.4) is 0 Å². The SMILES string of the molecule is O=C(OCC(=O)N1CCC(c2ccccc2)=N1)c1ccccc1[N+](=O)[O-]. The predicted molar refractivity (Wildman–Crippen MR) is 92.7 cm³/mol. The van der Waals surface area contributed by atoms with Gasteiger partial charge in [-0.3, -0.25) is 14.9 Å². The Kier molecular flexibility index (Phi) is 5.02. The summed E-state index contributed by atoms with van der Waals surface area (Å²) >= 11 is 0. The highest BCUT2D eigenvalue weighted by atomic mass is 16.6. The Hall–Kier alpha value is -3.55. The monoisotopic (exact) mass is 353 g/mol. The highest BCUT2D eigenvalue weighted by Crippen LogP contribution is 2.19. The van der Waals surface area contributed by atoms with Crippen molar-refractivity contribution in [3.8, 4) is 0 Å². The Morgan fingerprint density at radius 3 is 2.54 bits per heavy atom. The second kappa shape index (κ2) is 7.56. The number of nitrogens with zero attached hydrogens (tertiary/aromatic N) is 3. The van der Waals surface area contributed by atoms with E-state index in [1.165, 1.54) is 29.3 Å². The van der Waals surface area contributed by atoms with Crippen LogP contribution >= 0.6 is 0 Å². The van der Waals surface area contributed by atoms with E-state index in [1.54, 1.807) is 0 Å². The molecule has 26 heavy (non-hydrogen) atoms. The molecule has 0 N–H and O–H groups in total. The first-order valence-electron chi connectivity index (χ1n) is 7.90. The first-order valence-corrected chi connectivity index (χ1v) is 7.90. The van der Waals surface area contributed by atoms with Crippen LogP contribution in [-0.4, -0.2) is 40.7 Å². The van der Waals surface area contributed by atoms with Gasteiger partial charge in [0.15, 0.2) is 6.61 Å². The molecule has 0 bridgehead atoms. The van der Waals surface area contributed by atoms with Gasteiger partial charge in [-0.25, -0.2) is 9.80 Å². The van der Waals surface area contributed by atoms with E-state index in [0.29, 0.717) is 13.0 Å². The maximum Gasteiger partial charge on any atom is 0.345 e. The van der Waals surface area contributed by atoms with Crippen LogP contribution in [0.15, 0.2) is 59.7 Å². The van der Waals surface area contributed by atoms with Gasteiger partial charge in [-0.2, -0.15) is 5.10 Å². The smallest absolute Gasteiger partial charge is 0.345 e. The van der Waals surface area contributed by atoms with Crippen molar-refractivity contribution < 1.29 is 19.2 Å². The summed E-state index contributed by atoms with van der Waals surface area (Å²) in [6.07, 6.45) is 0.605. The number of nitro groups is 1. The second-order valence-corrected chi connectivity index (χ2v) is 5.53. The van der Waals surface area contributed by atoms with Gasteiger partial charge in [-0.15, -0.1) is 0 Å². The Morgan fingerprint density at radius 2 is 1.81 bits per heavy atom. The van der Waals surface area contributed by atoms with Gasteiger partial charge >= 0.3 is 5.97 Å². The summed E-state index contributed by atoms with van der Waals surface area (Å²) in [5.74, 6) is -1.40. The first-order chi connectivity index (χ1) is 12.6. The number of esters is 1. The fraction of sp³-hybridized carbons (Fsp3) is 0.167. The van der Waals surface area contributed by atoms with Gasteiger partial charge in [0.25, 0.3) is 11.6 Å². The van der Waals surface area contributed by atoms with E-state index in [0.717, 1.165) is 11.3 Å². The van der Waals surface area contributed by atoms with E-state index < -0.39 is 23.4 Å². The van der Waals surface area contributed by atoms with E-state index in [9.17, 15) is 19.7 Å². The van der Waals surface area contributed by atoms with Crippen LogP contribution in [0.4, 0.5) is 5.69 Å². The molecule has 2 aromatic rings. The number of ether oxygens (including phenoxy) is 1.